The van der Waals surface area contributed by atoms with E-state index in [1.807, 2.05) is 11.9 Å². The van der Waals surface area contributed by atoms with Crippen LogP contribution in [0, 0.1) is 0 Å². The Hall–Kier alpha value is -1.95. The molecule has 0 heterocycles. The summed E-state index contributed by atoms with van der Waals surface area (Å²) >= 11 is 18.9. The highest BCUT2D eigenvalue weighted by Crippen LogP contribution is 2.36. The molecule has 2 N–H and O–H groups in total. The van der Waals surface area contributed by atoms with Gasteiger partial charge in [-0.25, -0.2) is 4.79 Å². The number of anilines is 2. The van der Waals surface area contributed by atoms with E-state index in [1.54, 1.807) is 30.3 Å². The van der Waals surface area contributed by atoms with Gasteiger partial charge < -0.3 is 10.2 Å². The van der Waals surface area contributed by atoms with Crippen molar-refractivity contribution in [1.29, 1.82) is 0 Å². The molecule has 33 heavy (non-hydrogen) atoms. The molecule has 3 amide bonds. The van der Waals surface area contributed by atoms with Gasteiger partial charge >= 0.3 is 6.03 Å². The Morgan fingerprint density at radius 2 is 1.42 bits per heavy atom. The van der Waals surface area contributed by atoms with Crippen LogP contribution >= 0.6 is 34.8 Å². The van der Waals surface area contributed by atoms with Crippen LogP contribution in [0.5, 0.6) is 0 Å². The van der Waals surface area contributed by atoms with Gasteiger partial charge in [0, 0.05) is 19.3 Å². The summed E-state index contributed by atoms with van der Waals surface area (Å²) in [6.07, 6.45) is 9.99. The maximum absolute atomic E-state index is 12.3. The van der Waals surface area contributed by atoms with E-state index in [0.29, 0.717) is 15.7 Å². The molecule has 0 aliphatic rings. The normalized spacial score (nSPS) is 10.7. The van der Waals surface area contributed by atoms with E-state index in [1.165, 1.54) is 51.0 Å². The van der Waals surface area contributed by atoms with Crippen molar-refractivity contribution in [2.75, 3.05) is 23.8 Å². The summed E-state index contributed by atoms with van der Waals surface area (Å²) < 4.78 is 0. The summed E-state index contributed by atoms with van der Waals surface area (Å²) in [6, 6.07) is 9.02. The first-order valence-corrected chi connectivity index (χ1v) is 12.5. The highest BCUT2D eigenvalue weighted by atomic mass is 35.5. The fraction of sp³-hybridized carbons (Fsp3) is 0.440. The Bertz CT molecular complexity index is 914. The van der Waals surface area contributed by atoms with Crippen LogP contribution in [0.4, 0.5) is 16.2 Å². The van der Waals surface area contributed by atoms with Crippen LogP contribution in [0.1, 0.15) is 68.6 Å². The molecule has 0 unspecified atom stereocenters. The Morgan fingerprint density at radius 3 is 2.03 bits per heavy atom. The molecule has 0 bridgehead atoms. The van der Waals surface area contributed by atoms with E-state index in [-0.39, 0.29) is 10.6 Å². The standard InChI is InChI=1S/C25H32Cl3N3O2/c1-3-4-5-6-7-8-9-12-15-31(2)23-21(27)16-18(17-22(23)28)29-25(33)30-24(32)19-13-10-11-14-20(19)26/h10-11,13-14,16-17H,3-9,12,15H2,1-2H3,(H2,29,30,32,33). The number of benzene rings is 2. The molecule has 0 aliphatic carbocycles. The zero-order valence-corrected chi connectivity index (χ0v) is 21.5. The largest absolute Gasteiger partial charge is 0.372 e. The third kappa shape index (κ3) is 9.07. The molecule has 8 heteroatoms. The molecular weight excluding hydrogens is 481 g/mol. The Kier molecular flexibility index (Phi) is 11.9. The summed E-state index contributed by atoms with van der Waals surface area (Å²) in [5.41, 5.74) is 1.32. The molecular formula is C25H32Cl3N3O2. The summed E-state index contributed by atoms with van der Waals surface area (Å²) in [5.74, 6) is -0.600. The SMILES string of the molecule is CCCCCCCCCCN(C)c1c(Cl)cc(NC(=O)NC(=O)c2ccccc2Cl)cc1Cl. The Morgan fingerprint density at radius 1 is 0.848 bits per heavy atom. The van der Waals surface area contributed by atoms with Crippen LogP contribution < -0.4 is 15.5 Å². The number of urea groups is 1. The van der Waals surface area contributed by atoms with E-state index in [2.05, 4.69) is 17.6 Å². The van der Waals surface area contributed by atoms with E-state index in [9.17, 15) is 9.59 Å². The van der Waals surface area contributed by atoms with Gasteiger partial charge in [-0.15, -0.1) is 0 Å². The first kappa shape index (κ1) is 27.3. The summed E-state index contributed by atoms with van der Waals surface area (Å²) in [5, 5.41) is 5.95. The van der Waals surface area contributed by atoms with Crippen molar-refractivity contribution in [1.82, 2.24) is 5.32 Å². The number of nitrogens with zero attached hydrogens (tertiary/aromatic N) is 1. The lowest BCUT2D eigenvalue weighted by molar-refractivity contribution is 0.0967. The third-order valence-corrected chi connectivity index (χ3v) is 6.25. The molecule has 180 valence electrons. The number of hydrogen-bond donors (Lipinski definition) is 2. The number of halogens is 3. The number of amides is 3. The van der Waals surface area contributed by atoms with Gasteiger partial charge in [0.25, 0.3) is 5.91 Å². The van der Waals surface area contributed by atoms with Gasteiger partial charge in [0.2, 0.25) is 0 Å². The van der Waals surface area contributed by atoms with Crippen molar-refractivity contribution in [3.05, 3.63) is 57.0 Å². The fourth-order valence-electron chi connectivity index (χ4n) is 3.58. The molecule has 0 saturated heterocycles. The molecule has 0 atom stereocenters. The number of imide groups is 1. The number of nitrogens with one attached hydrogen (secondary N) is 2. The number of carbonyl (C=O) groups excluding carboxylic acids is 2. The van der Waals surface area contributed by atoms with Crippen LogP contribution in [0.3, 0.4) is 0 Å². The molecule has 2 rings (SSSR count). The monoisotopic (exact) mass is 511 g/mol. The second kappa shape index (κ2) is 14.3. The molecule has 0 aromatic heterocycles. The predicted molar refractivity (Wildman–Crippen MR) is 140 cm³/mol. The van der Waals surface area contributed by atoms with Crippen LogP contribution in [0.2, 0.25) is 15.1 Å². The zero-order valence-electron chi connectivity index (χ0n) is 19.2. The molecule has 0 radical (unpaired) electrons. The van der Waals surface area contributed by atoms with Crippen molar-refractivity contribution in [2.24, 2.45) is 0 Å². The molecule has 2 aromatic carbocycles. The van der Waals surface area contributed by atoms with Gasteiger partial charge in [0.1, 0.15) is 0 Å². The van der Waals surface area contributed by atoms with Gasteiger partial charge in [-0.1, -0.05) is 98.8 Å². The summed E-state index contributed by atoms with van der Waals surface area (Å²) in [7, 11) is 1.95. The lowest BCUT2D eigenvalue weighted by Gasteiger charge is -2.22. The quantitative estimate of drug-likeness (QED) is 0.282. The van der Waals surface area contributed by atoms with Gasteiger partial charge in [-0.3, -0.25) is 10.1 Å². The van der Waals surface area contributed by atoms with E-state index in [4.69, 9.17) is 34.8 Å². The smallest absolute Gasteiger partial charge is 0.326 e. The first-order valence-electron chi connectivity index (χ1n) is 11.4. The van der Waals surface area contributed by atoms with Crippen molar-refractivity contribution in [2.45, 2.75) is 58.3 Å². The van der Waals surface area contributed by atoms with Gasteiger partial charge in [0.05, 0.1) is 26.3 Å². The predicted octanol–water partition coefficient (Wildman–Crippen LogP) is 8.19. The number of rotatable bonds is 12. The maximum Gasteiger partial charge on any atom is 0.326 e. The third-order valence-electron chi connectivity index (χ3n) is 5.35. The average molecular weight is 513 g/mol. The Balaban J connectivity index is 1.86. The molecule has 0 spiro atoms. The minimum atomic E-state index is -0.702. The lowest BCUT2D eigenvalue weighted by atomic mass is 10.1. The lowest BCUT2D eigenvalue weighted by Crippen LogP contribution is -2.34. The van der Waals surface area contributed by atoms with Crippen LogP contribution in [-0.2, 0) is 0 Å². The van der Waals surface area contributed by atoms with Crippen molar-refractivity contribution in [3.8, 4) is 0 Å². The topological polar surface area (TPSA) is 61.4 Å². The Labute approximate surface area is 211 Å². The maximum atomic E-state index is 12.3. The first-order chi connectivity index (χ1) is 15.8. The number of hydrogen-bond acceptors (Lipinski definition) is 3. The highest BCUT2D eigenvalue weighted by molar-refractivity contribution is 6.39. The van der Waals surface area contributed by atoms with Gasteiger partial charge in [-0.2, -0.15) is 0 Å². The second-order valence-electron chi connectivity index (χ2n) is 8.07. The molecule has 0 aliphatic heterocycles. The summed E-state index contributed by atoms with van der Waals surface area (Å²) in [6.45, 7) is 3.07. The van der Waals surface area contributed by atoms with Gasteiger partial charge in [0.15, 0.2) is 0 Å². The average Bonchev–Trinajstić information content (AvgIpc) is 2.75. The highest BCUT2D eigenvalue weighted by Gasteiger charge is 2.16. The number of unbranched alkanes of at least 4 members (excludes halogenated alkanes) is 7. The zero-order chi connectivity index (χ0) is 24.2. The van der Waals surface area contributed by atoms with Crippen LogP contribution in [-0.4, -0.2) is 25.5 Å². The minimum absolute atomic E-state index is 0.211. The summed E-state index contributed by atoms with van der Waals surface area (Å²) in [4.78, 5) is 26.5. The van der Waals surface area contributed by atoms with E-state index >= 15 is 0 Å². The van der Waals surface area contributed by atoms with Crippen molar-refractivity contribution < 1.29 is 9.59 Å². The van der Waals surface area contributed by atoms with Crippen LogP contribution in [0.15, 0.2) is 36.4 Å². The van der Waals surface area contributed by atoms with Crippen molar-refractivity contribution in [3.63, 3.8) is 0 Å². The fourth-order valence-corrected chi connectivity index (χ4v) is 4.57. The number of carbonyl (C=O) groups is 2. The molecule has 0 saturated carbocycles. The second-order valence-corrected chi connectivity index (χ2v) is 9.29. The molecule has 0 fully saturated rings. The molecule has 5 nitrogen and oxygen atoms in total. The van der Waals surface area contributed by atoms with Gasteiger partial charge in [-0.05, 0) is 30.7 Å². The molecule has 2 aromatic rings. The van der Waals surface area contributed by atoms with E-state index in [0.717, 1.165) is 18.7 Å². The minimum Gasteiger partial charge on any atom is -0.372 e. The van der Waals surface area contributed by atoms with E-state index < -0.39 is 11.9 Å². The van der Waals surface area contributed by atoms with Crippen LogP contribution in [0.25, 0.3) is 0 Å². The van der Waals surface area contributed by atoms with Crippen molar-refractivity contribution >= 4 is 58.1 Å².